The Morgan fingerprint density at radius 2 is 2.06 bits per heavy atom. The van der Waals surface area contributed by atoms with Crippen LogP contribution in [0.15, 0.2) is 17.0 Å². The van der Waals surface area contributed by atoms with Crippen LogP contribution in [-0.2, 0) is 4.79 Å². The first-order valence-electron chi connectivity index (χ1n) is 5.74. The third kappa shape index (κ3) is 3.33. The van der Waals surface area contributed by atoms with E-state index in [0.29, 0.717) is 10.5 Å². The van der Waals surface area contributed by atoms with E-state index in [2.05, 4.69) is 0 Å². The van der Waals surface area contributed by atoms with Gasteiger partial charge in [0.05, 0.1) is 10.8 Å². The average molecular weight is 265 g/mol. The average Bonchev–Trinajstić information content (AvgIpc) is 2.28. The molecule has 1 aromatic rings. The zero-order valence-electron chi connectivity index (χ0n) is 11.0. The monoisotopic (exact) mass is 265 g/mol. The van der Waals surface area contributed by atoms with E-state index in [1.54, 1.807) is 19.9 Å². The van der Waals surface area contributed by atoms with E-state index < -0.39 is 0 Å². The zero-order valence-corrected chi connectivity index (χ0v) is 11.8. The van der Waals surface area contributed by atoms with Gasteiger partial charge in [-0.25, -0.2) is 4.39 Å². The Hall–Kier alpha value is -1.34. The Bertz CT molecular complexity index is 505. The summed E-state index contributed by atoms with van der Waals surface area (Å²) >= 11 is 1.34. The summed E-state index contributed by atoms with van der Waals surface area (Å²) in [4.78, 5) is 12.2. The number of hydrogen-bond acceptors (Lipinski definition) is 3. The Balaban J connectivity index is 3.14. The molecule has 0 aliphatic heterocycles. The van der Waals surface area contributed by atoms with E-state index in [4.69, 9.17) is 5.26 Å². The van der Waals surface area contributed by atoms with E-state index >= 15 is 0 Å². The van der Waals surface area contributed by atoms with Crippen LogP contribution in [0, 0.1) is 30.0 Å². The fourth-order valence-corrected chi connectivity index (χ4v) is 2.85. The number of halogens is 1. The van der Waals surface area contributed by atoms with Gasteiger partial charge >= 0.3 is 0 Å². The van der Waals surface area contributed by atoms with Crippen LogP contribution in [0.25, 0.3) is 0 Å². The smallest absolute Gasteiger partial charge is 0.143 e. The number of nitriles is 1. The molecule has 18 heavy (non-hydrogen) atoms. The lowest BCUT2D eigenvalue weighted by Gasteiger charge is -2.18. The molecule has 1 unspecified atom stereocenters. The molecule has 0 bridgehead atoms. The SMILES string of the molecule is CC(=O)C(Sc1cc(C)c(F)cc1C#N)C(C)C. The normalized spacial score (nSPS) is 12.3. The second-order valence-corrected chi connectivity index (χ2v) is 5.79. The van der Waals surface area contributed by atoms with Crippen molar-refractivity contribution in [3.63, 3.8) is 0 Å². The number of Topliss-reactive ketones (excluding diaryl/α,β-unsaturated/α-hetero) is 1. The highest BCUT2D eigenvalue weighted by molar-refractivity contribution is 8.00. The quantitative estimate of drug-likeness (QED) is 0.779. The Morgan fingerprint density at radius 3 is 2.50 bits per heavy atom. The number of rotatable bonds is 4. The third-order valence-corrected chi connectivity index (χ3v) is 4.36. The molecule has 0 aliphatic rings. The van der Waals surface area contributed by atoms with Crippen LogP contribution < -0.4 is 0 Å². The fourth-order valence-electron chi connectivity index (χ4n) is 1.67. The number of nitrogens with zero attached hydrogens (tertiary/aromatic N) is 1. The van der Waals surface area contributed by atoms with Crippen molar-refractivity contribution in [3.05, 3.63) is 29.1 Å². The van der Waals surface area contributed by atoms with Crippen LogP contribution in [0.3, 0.4) is 0 Å². The second-order valence-electron chi connectivity index (χ2n) is 4.60. The van der Waals surface area contributed by atoms with E-state index in [9.17, 15) is 9.18 Å². The van der Waals surface area contributed by atoms with Crippen molar-refractivity contribution in [1.29, 1.82) is 5.26 Å². The first kappa shape index (κ1) is 14.7. The van der Waals surface area contributed by atoms with Crippen LogP contribution in [0.5, 0.6) is 0 Å². The molecule has 0 aromatic heterocycles. The topological polar surface area (TPSA) is 40.9 Å². The summed E-state index contributed by atoms with van der Waals surface area (Å²) < 4.78 is 13.4. The molecule has 0 amide bonds. The Kier molecular flexibility index (Phi) is 4.92. The molecule has 96 valence electrons. The summed E-state index contributed by atoms with van der Waals surface area (Å²) in [6, 6.07) is 4.84. The summed E-state index contributed by atoms with van der Waals surface area (Å²) in [5.74, 6) is -0.148. The van der Waals surface area contributed by atoms with Gasteiger partial charge in [0.25, 0.3) is 0 Å². The summed E-state index contributed by atoms with van der Waals surface area (Å²) in [6.45, 7) is 7.11. The largest absolute Gasteiger partial charge is 0.299 e. The van der Waals surface area contributed by atoms with E-state index in [1.807, 2.05) is 19.9 Å². The predicted octanol–water partition coefficient (Wildman–Crippen LogP) is 3.71. The van der Waals surface area contributed by atoms with Crippen molar-refractivity contribution in [2.75, 3.05) is 0 Å². The molecule has 0 saturated heterocycles. The number of hydrogen-bond donors (Lipinski definition) is 0. The van der Waals surface area contributed by atoms with Crippen LogP contribution in [0.1, 0.15) is 31.9 Å². The molecule has 0 fully saturated rings. The van der Waals surface area contributed by atoms with Crippen molar-refractivity contribution in [2.24, 2.45) is 5.92 Å². The summed E-state index contributed by atoms with van der Waals surface area (Å²) in [6.07, 6.45) is 0. The van der Waals surface area contributed by atoms with Crippen molar-refractivity contribution < 1.29 is 9.18 Å². The zero-order chi connectivity index (χ0) is 13.9. The van der Waals surface area contributed by atoms with Gasteiger partial charge in [0.15, 0.2) is 0 Å². The molecule has 0 saturated carbocycles. The molecule has 0 radical (unpaired) electrons. The molecular formula is C14H16FNOS. The number of carbonyl (C=O) groups excluding carboxylic acids is 1. The number of ketones is 1. The predicted molar refractivity (Wildman–Crippen MR) is 71.0 cm³/mol. The lowest BCUT2D eigenvalue weighted by atomic mass is 10.1. The van der Waals surface area contributed by atoms with Gasteiger partial charge in [0, 0.05) is 4.90 Å². The van der Waals surface area contributed by atoms with Crippen LogP contribution in [0.2, 0.25) is 0 Å². The minimum absolute atomic E-state index is 0.0702. The van der Waals surface area contributed by atoms with E-state index in [0.717, 1.165) is 0 Å². The lowest BCUT2D eigenvalue weighted by Crippen LogP contribution is -2.20. The summed E-state index contributed by atoms with van der Waals surface area (Å²) in [5, 5.41) is 8.80. The molecule has 1 aromatic carbocycles. The maximum Gasteiger partial charge on any atom is 0.143 e. The fraction of sp³-hybridized carbons (Fsp3) is 0.429. The molecular weight excluding hydrogens is 249 g/mol. The van der Waals surface area contributed by atoms with Gasteiger partial charge in [-0.05, 0) is 37.5 Å². The van der Waals surface area contributed by atoms with E-state index in [-0.39, 0.29) is 28.3 Å². The number of aryl methyl sites for hydroxylation is 1. The molecule has 2 nitrogen and oxygen atoms in total. The van der Waals surface area contributed by atoms with Crippen LogP contribution in [0.4, 0.5) is 4.39 Å². The maximum absolute atomic E-state index is 13.4. The highest BCUT2D eigenvalue weighted by Gasteiger charge is 2.21. The van der Waals surface area contributed by atoms with Crippen molar-refractivity contribution in [3.8, 4) is 6.07 Å². The molecule has 0 spiro atoms. The van der Waals surface area contributed by atoms with Crippen molar-refractivity contribution in [2.45, 2.75) is 37.8 Å². The van der Waals surface area contributed by atoms with Gasteiger partial charge in [0.1, 0.15) is 17.7 Å². The van der Waals surface area contributed by atoms with Gasteiger partial charge in [-0.1, -0.05) is 13.8 Å². The number of thioether (sulfide) groups is 1. The van der Waals surface area contributed by atoms with Gasteiger partial charge in [-0.3, -0.25) is 4.79 Å². The van der Waals surface area contributed by atoms with Gasteiger partial charge < -0.3 is 0 Å². The second kappa shape index (κ2) is 6.01. The first-order valence-corrected chi connectivity index (χ1v) is 6.62. The van der Waals surface area contributed by atoms with E-state index in [1.165, 1.54) is 17.8 Å². The molecule has 1 rings (SSSR count). The van der Waals surface area contributed by atoms with Gasteiger partial charge in [0.2, 0.25) is 0 Å². The van der Waals surface area contributed by atoms with Crippen LogP contribution >= 0.6 is 11.8 Å². The highest BCUT2D eigenvalue weighted by atomic mass is 32.2. The minimum atomic E-state index is -0.389. The minimum Gasteiger partial charge on any atom is -0.299 e. The Labute approximate surface area is 111 Å². The molecule has 1 atom stereocenters. The number of carbonyl (C=O) groups is 1. The molecule has 0 N–H and O–H groups in total. The molecule has 4 heteroatoms. The van der Waals surface area contributed by atoms with Crippen molar-refractivity contribution >= 4 is 17.5 Å². The van der Waals surface area contributed by atoms with Crippen molar-refractivity contribution in [1.82, 2.24) is 0 Å². The molecule has 0 heterocycles. The lowest BCUT2D eigenvalue weighted by molar-refractivity contribution is -0.117. The first-order chi connectivity index (χ1) is 8.36. The summed E-state index contributed by atoms with van der Waals surface area (Å²) in [5.41, 5.74) is 0.776. The van der Waals surface area contributed by atoms with Gasteiger partial charge in [-0.15, -0.1) is 11.8 Å². The highest BCUT2D eigenvalue weighted by Crippen LogP contribution is 2.32. The standard InChI is InChI=1S/C14H16FNOS/c1-8(2)14(10(4)17)18-13-5-9(3)12(15)6-11(13)7-16/h5-6,8,14H,1-4H3. The number of benzene rings is 1. The Morgan fingerprint density at radius 1 is 1.44 bits per heavy atom. The molecule has 0 aliphatic carbocycles. The van der Waals surface area contributed by atoms with Crippen LogP contribution in [-0.4, -0.2) is 11.0 Å². The summed E-state index contributed by atoms with van der Waals surface area (Å²) in [7, 11) is 0. The van der Waals surface area contributed by atoms with Gasteiger partial charge in [-0.2, -0.15) is 5.26 Å². The third-order valence-electron chi connectivity index (χ3n) is 2.64. The maximum atomic E-state index is 13.4.